The van der Waals surface area contributed by atoms with E-state index >= 15 is 0 Å². The largest absolute Gasteiger partial charge is 0.488 e. The number of hydrogen-bond acceptors (Lipinski definition) is 2. The summed E-state index contributed by atoms with van der Waals surface area (Å²) in [4.78, 5) is 0.418. The van der Waals surface area contributed by atoms with Gasteiger partial charge in [-0.1, -0.05) is 36.5 Å². The van der Waals surface area contributed by atoms with Crippen LogP contribution in [0, 0.1) is 20.8 Å². The summed E-state index contributed by atoms with van der Waals surface area (Å²) < 4.78 is 5.99. The average molecular weight is 285 g/mol. The van der Waals surface area contributed by atoms with E-state index in [9.17, 15) is 0 Å². The standard InChI is InChI=1S/C17H19NOS/c1-11-6-4-5-7-14(11)10-19-16-12(2)8-15(17(18)20)9-13(16)3/h4-9H,10H2,1-3H3,(H2,18,20). The zero-order valence-electron chi connectivity index (χ0n) is 12.1. The lowest BCUT2D eigenvalue weighted by molar-refractivity contribution is 0.301. The lowest BCUT2D eigenvalue weighted by atomic mass is 10.1. The van der Waals surface area contributed by atoms with Gasteiger partial charge in [0, 0.05) is 5.56 Å². The molecule has 2 N–H and O–H groups in total. The van der Waals surface area contributed by atoms with Gasteiger partial charge in [-0.05, 0) is 55.2 Å². The van der Waals surface area contributed by atoms with Gasteiger partial charge in [-0.15, -0.1) is 0 Å². The van der Waals surface area contributed by atoms with E-state index in [0.29, 0.717) is 11.6 Å². The molecule has 2 aromatic rings. The summed E-state index contributed by atoms with van der Waals surface area (Å²) in [7, 11) is 0. The highest BCUT2D eigenvalue weighted by Crippen LogP contribution is 2.26. The van der Waals surface area contributed by atoms with Crippen molar-refractivity contribution >= 4 is 17.2 Å². The molecule has 0 saturated carbocycles. The van der Waals surface area contributed by atoms with Crippen molar-refractivity contribution in [2.75, 3.05) is 0 Å². The maximum atomic E-state index is 5.99. The first-order chi connectivity index (χ1) is 9.49. The first-order valence-corrected chi connectivity index (χ1v) is 6.98. The van der Waals surface area contributed by atoms with Crippen LogP contribution in [0.3, 0.4) is 0 Å². The third-order valence-electron chi connectivity index (χ3n) is 3.38. The highest BCUT2D eigenvalue weighted by molar-refractivity contribution is 7.80. The number of ether oxygens (including phenoxy) is 1. The third kappa shape index (κ3) is 3.17. The van der Waals surface area contributed by atoms with Gasteiger partial charge in [-0.2, -0.15) is 0 Å². The van der Waals surface area contributed by atoms with Crippen molar-refractivity contribution < 1.29 is 4.74 Å². The molecule has 0 bridgehead atoms. The molecule has 0 amide bonds. The number of rotatable bonds is 4. The second kappa shape index (κ2) is 6.06. The molecule has 0 spiro atoms. The Morgan fingerprint density at radius 3 is 2.20 bits per heavy atom. The summed E-state index contributed by atoms with van der Waals surface area (Å²) in [5.41, 5.74) is 11.1. The van der Waals surface area contributed by atoms with Crippen molar-refractivity contribution in [2.45, 2.75) is 27.4 Å². The quantitative estimate of drug-likeness (QED) is 0.867. The van der Waals surface area contributed by atoms with E-state index in [1.54, 1.807) is 0 Å². The summed E-state index contributed by atoms with van der Waals surface area (Å²) in [6.07, 6.45) is 0. The molecule has 2 nitrogen and oxygen atoms in total. The number of aryl methyl sites for hydroxylation is 3. The monoisotopic (exact) mass is 285 g/mol. The van der Waals surface area contributed by atoms with Crippen LogP contribution in [-0.4, -0.2) is 4.99 Å². The van der Waals surface area contributed by atoms with Crippen molar-refractivity contribution in [2.24, 2.45) is 5.73 Å². The Kier molecular flexibility index (Phi) is 4.40. The van der Waals surface area contributed by atoms with E-state index in [4.69, 9.17) is 22.7 Å². The average Bonchev–Trinajstić information content (AvgIpc) is 2.39. The second-order valence-electron chi connectivity index (χ2n) is 5.02. The van der Waals surface area contributed by atoms with Gasteiger partial charge in [0.25, 0.3) is 0 Å². The van der Waals surface area contributed by atoms with E-state index in [0.717, 1.165) is 22.4 Å². The predicted molar refractivity (Wildman–Crippen MR) is 87.3 cm³/mol. The lowest BCUT2D eigenvalue weighted by Gasteiger charge is -2.14. The molecule has 0 atom stereocenters. The van der Waals surface area contributed by atoms with Crippen LogP contribution in [0.2, 0.25) is 0 Å². The minimum Gasteiger partial charge on any atom is -0.488 e. The van der Waals surface area contributed by atoms with Crippen molar-refractivity contribution in [3.63, 3.8) is 0 Å². The van der Waals surface area contributed by atoms with Crippen molar-refractivity contribution in [1.82, 2.24) is 0 Å². The first kappa shape index (κ1) is 14.5. The third-order valence-corrected chi connectivity index (χ3v) is 3.61. The van der Waals surface area contributed by atoms with Gasteiger partial charge in [-0.3, -0.25) is 0 Å². The molecule has 2 rings (SSSR count). The Balaban J connectivity index is 2.22. The number of benzene rings is 2. The summed E-state index contributed by atoms with van der Waals surface area (Å²) in [6, 6.07) is 12.2. The van der Waals surface area contributed by atoms with Gasteiger partial charge >= 0.3 is 0 Å². The molecule has 0 fully saturated rings. The van der Waals surface area contributed by atoms with Gasteiger partial charge in [0.1, 0.15) is 17.3 Å². The first-order valence-electron chi connectivity index (χ1n) is 6.57. The van der Waals surface area contributed by atoms with Gasteiger partial charge in [0.15, 0.2) is 0 Å². The summed E-state index contributed by atoms with van der Waals surface area (Å²) in [5.74, 6) is 0.910. The smallest absolute Gasteiger partial charge is 0.125 e. The summed E-state index contributed by atoms with van der Waals surface area (Å²) >= 11 is 5.02. The van der Waals surface area contributed by atoms with Crippen LogP contribution in [0.25, 0.3) is 0 Å². The molecule has 20 heavy (non-hydrogen) atoms. The minimum atomic E-state index is 0.418. The molecule has 0 aliphatic heterocycles. The Morgan fingerprint density at radius 2 is 1.65 bits per heavy atom. The predicted octanol–water partition coefficient (Wildman–Crippen LogP) is 3.83. The van der Waals surface area contributed by atoms with Crippen molar-refractivity contribution in [1.29, 1.82) is 0 Å². The minimum absolute atomic E-state index is 0.418. The molecule has 0 aliphatic rings. The second-order valence-corrected chi connectivity index (χ2v) is 5.46. The van der Waals surface area contributed by atoms with Gasteiger partial charge in [-0.25, -0.2) is 0 Å². The highest BCUT2D eigenvalue weighted by Gasteiger charge is 2.08. The fourth-order valence-corrected chi connectivity index (χ4v) is 2.36. The van der Waals surface area contributed by atoms with Crippen molar-refractivity contribution in [3.05, 3.63) is 64.2 Å². The van der Waals surface area contributed by atoms with Crippen LogP contribution in [0.1, 0.15) is 27.8 Å². The molecule has 0 aromatic heterocycles. The van der Waals surface area contributed by atoms with E-state index in [-0.39, 0.29) is 0 Å². The zero-order chi connectivity index (χ0) is 14.7. The van der Waals surface area contributed by atoms with Crippen LogP contribution in [0.4, 0.5) is 0 Å². The Bertz CT molecular complexity index is 626. The maximum absolute atomic E-state index is 5.99. The molecule has 0 unspecified atom stereocenters. The summed E-state index contributed by atoms with van der Waals surface area (Å²) in [6.45, 7) is 6.69. The van der Waals surface area contributed by atoms with Gasteiger partial charge in [0.2, 0.25) is 0 Å². The van der Waals surface area contributed by atoms with E-state index in [2.05, 4.69) is 19.1 Å². The molecule has 3 heteroatoms. The molecule has 0 saturated heterocycles. The highest BCUT2D eigenvalue weighted by atomic mass is 32.1. The molecule has 104 valence electrons. The molecule has 2 aromatic carbocycles. The van der Waals surface area contributed by atoms with Gasteiger partial charge in [0.05, 0.1) is 0 Å². The SMILES string of the molecule is Cc1ccccc1COc1c(C)cc(C(N)=S)cc1C. The molecular weight excluding hydrogens is 266 g/mol. The van der Waals surface area contributed by atoms with E-state index in [1.165, 1.54) is 11.1 Å². The zero-order valence-corrected chi connectivity index (χ0v) is 12.9. The van der Waals surface area contributed by atoms with Crippen molar-refractivity contribution in [3.8, 4) is 5.75 Å². The molecule has 0 heterocycles. The Labute approximate surface area is 125 Å². The fraction of sp³-hybridized carbons (Fsp3) is 0.235. The Morgan fingerprint density at radius 1 is 1.05 bits per heavy atom. The molecule has 0 radical (unpaired) electrons. The van der Waals surface area contributed by atoms with Crippen LogP contribution in [0.15, 0.2) is 36.4 Å². The normalized spacial score (nSPS) is 10.3. The lowest BCUT2D eigenvalue weighted by Crippen LogP contribution is -2.10. The van der Waals surface area contributed by atoms with E-state index in [1.807, 2.05) is 38.1 Å². The number of thiocarbonyl (C=S) groups is 1. The Hall–Kier alpha value is -1.87. The van der Waals surface area contributed by atoms with Crippen LogP contribution >= 0.6 is 12.2 Å². The van der Waals surface area contributed by atoms with Crippen LogP contribution in [0.5, 0.6) is 5.75 Å². The topological polar surface area (TPSA) is 35.2 Å². The van der Waals surface area contributed by atoms with Gasteiger partial charge < -0.3 is 10.5 Å². The summed E-state index contributed by atoms with van der Waals surface area (Å²) in [5, 5.41) is 0. The van der Waals surface area contributed by atoms with Crippen LogP contribution in [-0.2, 0) is 6.61 Å². The fourth-order valence-electron chi connectivity index (χ4n) is 2.24. The van der Waals surface area contributed by atoms with Crippen LogP contribution < -0.4 is 10.5 Å². The molecular formula is C17H19NOS. The maximum Gasteiger partial charge on any atom is 0.125 e. The number of hydrogen-bond donors (Lipinski definition) is 1. The van der Waals surface area contributed by atoms with E-state index < -0.39 is 0 Å². The molecule has 0 aliphatic carbocycles. The number of nitrogens with two attached hydrogens (primary N) is 1.